The summed E-state index contributed by atoms with van der Waals surface area (Å²) in [5.41, 5.74) is 1.21. The lowest BCUT2D eigenvalue weighted by Crippen LogP contribution is -2.07. The van der Waals surface area contributed by atoms with Crippen molar-refractivity contribution in [2.45, 2.75) is 0 Å². The van der Waals surface area contributed by atoms with Gasteiger partial charge in [0.05, 0.1) is 0 Å². The molecule has 0 heterocycles. The number of hydrogen-bond acceptors (Lipinski definition) is 2. The van der Waals surface area contributed by atoms with Crippen molar-refractivity contribution in [1.82, 2.24) is 0 Å². The number of halogens is 1. The molecule has 0 saturated heterocycles. The predicted molar refractivity (Wildman–Crippen MR) is 96.3 cm³/mol. The number of benzene rings is 3. The van der Waals surface area contributed by atoms with Gasteiger partial charge in [-0.25, -0.2) is 0 Å². The molecule has 0 amide bonds. The number of hydrogen-bond donors (Lipinski definition) is 0. The minimum Gasteiger partial charge on any atom is -0.290 e. The maximum absolute atomic E-state index is 12.3. The minimum absolute atomic E-state index is 0.147. The van der Waals surface area contributed by atoms with Crippen LogP contribution >= 0.6 is 15.9 Å². The summed E-state index contributed by atoms with van der Waals surface area (Å²) < 4.78 is 0.808. The molecule has 3 aromatic rings. The van der Waals surface area contributed by atoms with E-state index in [9.17, 15) is 9.59 Å². The number of carbonyl (C=O) groups excluding carboxylic acids is 2. The van der Waals surface area contributed by atoms with Crippen LogP contribution in [-0.4, -0.2) is 11.6 Å². The van der Waals surface area contributed by atoms with Crippen LogP contribution in [0.3, 0.4) is 0 Å². The fraction of sp³-hybridized carbons (Fsp3) is 0. The number of rotatable bonds is 1. The van der Waals surface area contributed by atoms with E-state index in [1.807, 2.05) is 36.4 Å². The highest BCUT2D eigenvalue weighted by Crippen LogP contribution is 2.36. The van der Waals surface area contributed by atoms with Crippen molar-refractivity contribution in [3.63, 3.8) is 0 Å². The van der Waals surface area contributed by atoms with Gasteiger partial charge in [-0.15, -0.1) is 0 Å². The molecular weight excluding hydrogens is 352 g/mol. The van der Waals surface area contributed by atoms with Gasteiger partial charge in [0.1, 0.15) is 0 Å². The molecule has 1 aliphatic carbocycles. The molecule has 1 aliphatic rings. The summed E-state index contributed by atoms with van der Waals surface area (Å²) in [6.45, 7) is 0. The van der Waals surface area contributed by atoms with Gasteiger partial charge in [0.15, 0.2) is 11.6 Å². The standard InChI is InChI=1S/C20H11BrO2/c21-18-9-8-15-14-4-2-1-3-12(14)5-7-16(15)20(18)17-11-13(22)6-10-19(17)23/h1-11H. The molecule has 0 N–H and O–H groups in total. The summed E-state index contributed by atoms with van der Waals surface area (Å²) in [6, 6.07) is 16.2. The first-order chi connectivity index (χ1) is 11.1. The Morgan fingerprint density at radius 3 is 2.39 bits per heavy atom. The molecule has 3 heteroatoms. The van der Waals surface area contributed by atoms with Crippen molar-refractivity contribution in [3.05, 3.63) is 76.8 Å². The summed E-state index contributed by atoms with van der Waals surface area (Å²) >= 11 is 3.54. The average Bonchev–Trinajstić information content (AvgIpc) is 2.57. The lowest BCUT2D eigenvalue weighted by atomic mass is 9.90. The molecule has 0 aromatic heterocycles. The second-order valence-corrected chi connectivity index (χ2v) is 6.32. The Morgan fingerprint density at radius 1 is 0.739 bits per heavy atom. The van der Waals surface area contributed by atoms with Crippen LogP contribution in [0.2, 0.25) is 0 Å². The molecule has 2 nitrogen and oxygen atoms in total. The molecule has 0 atom stereocenters. The second kappa shape index (κ2) is 5.28. The normalized spacial score (nSPS) is 14.6. The average molecular weight is 363 g/mol. The summed E-state index contributed by atoms with van der Waals surface area (Å²) in [6.07, 6.45) is 4.06. The van der Waals surface area contributed by atoms with Gasteiger partial charge < -0.3 is 0 Å². The lowest BCUT2D eigenvalue weighted by Gasteiger charge is -2.14. The molecule has 3 aromatic carbocycles. The highest BCUT2D eigenvalue weighted by Gasteiger charge is 2.20. The highest BCUT2D eigenvalue weighted by atomic mass is 79.9. The first-order valence-electron chi connectivity index (χ1n) is 7.23. The first-order valence-corrected chi connectivity index (χ1v) is 8.03. The third-order valence-electron chi connectivity index (χ3n) is 4.10. The number of fused-ring (bicyclic) bond motifs is 3. The zero-order valence-electron chi connectivity index (χ0n) is 12.0. The third kappa shape index (κ3) is 2.25. The van der Waals surface area contributed by atoms with E-state index >= 15 is 0 Å². The molecule has 0 bridgehead atoms. The molecule has 0 fully saturated rings. The summed E-state index contributed by atoms with van der Waals surface area (Å²) in [5, 5.41) is 4.30. The Morgan fingerprint density at radius 2 is 1.52 bits per heavy atom. The van der Waals surface area contributed by atoms with Crippen LogP contribution in [0.4, 0.5) is 0 Å². The lowest BCUT2D eigenvalue weighted by molar-refractivity contribution is -0.113. The smallest absolute Gasteiger partial charge is 0.186 e. The van der Waals surface area contributed by atoms with Gasteiger partial charge in [-0.3, -0.25) is 9.59 Å². The molecule has 4 rings (SSSR count). The van der Waals surface area contributed by atoms with E-state index in [1.165, 1.54) is 18.2 Å². The number of allylic oxidation sites excluding steroid dienone is 4. The van der Waals surface area contributed by atoms with E-state index in [4.69, 9.17) is 0 Å². The largest absolute Gasteiger partial charge is 0.290 e. The number of carbonyl (C=O) groups is 2. The van der Waals surface area contributed by atoms with Crippen LogP contribution in [-0.2, 0) is 9.59 Å². The Kier molecular flexibility index (Phi) is 3.24. The van der Waals surface area contributed by atoms with Crippen molar-refractivity contribution in [2.75, 3.05) is 0 Å². The van der Waals surface area contributed by atoms with E-state index in [1.54, 1.807) is 0 Å². The van der Waals surface area contributed by atoms with Gasteiger partial charge in [0.25, 0.3) is 0 Å². The monoisotopic (exact) mass is 362 g/mol. The van der Waals surface area contributed by atoms with Gasteiger partial charge >= 0.3 is 0 Å². The van der Waals surface area contributed by atoms with Crippen LogP contribution in [0.5, 0.6) is 0 Å². The molecular formula is C20H11BrO2. The SMILES string of the molecule is O=C1C=CC(=O)C(c2c(Br)ccc3c2ccc2ccccc23)=C1. The fourth-order valence-electron chi connectivity index (χ4n) is 3.04. The molecule has 0 spiro atoms. The van der Waals surface area contributed by atoms with Crippen LogP contribution in [0.1, 0.15) is 5.56 Å². The van der Waals surface area contributed by atoms with Crippen molar-refractivity contribution < 1.29 is 9.59 Å². The van der Waals surface area contributed by atoms with Gasteiger partial charge in [0, 0.05) is 15.6 Å². The molecule has 110 valence electrons. The van der Waals surface area contributed by atoms with Gasteiger partial charge in [-0.1, -0.05) is 58.4 Å². The van der Waals surface area contributed by atoms with E-state index in [-0.39, 0.29) is 11.6 Å². The van der Waals surface area contributed by atoms with E-state index < -0.39 is 0 Å². The third-order valence-corrected chi connectivity index (χ3v) is 4.76. The summed E-state index contributed by atoms with van der Waals surface area (Å²) in [7, 11) is 0. The Balaban J connectivity index is 2.11. The fourth-order valence-corrected chi connectivity index (χ4v) is 3.60. The van der Waals surface area contributed by atoms with Gasteiger partial charge in [-0.2, -0.15) is 0 Å². The van der Waals surface area contributed by atoms with Crippen LogP contribution < -0.4 is 0 Å². The summed E-state index contributed by atoms with van der Waals surface area (Å²) in [5.74, 6) is -0.310. The molecule has 0 aliphatic heterocycles. The predicted octanol–water partition coefficient (Wildman–Crippen LogP) is 4.85. The maximum atomic E-state index is 12.3. The van der Waals surface area contributed by atoms with Crippen molar-refractivity contribution >= 4 is 54.6 Å². The summed E-state index contributed by atoms with van der Waals surface area (Å²) in [4.78, 5) is 24.0. The Hall–Kier alpha value is -2.52. The molecule has 0 unspecified atom stereocenters. The van der Waals surface area contributed by atoms with Gasteiger partial charge in [-0.05, 0) is 45.8 Å². The number of ketones is 2. The van der Waals surface area contributed by atoms with E-state index in [0.29, 0.717) is 5.57 Å². The van der Waals surface area contributed by atoms with Crippen molar-refractivity contribution in [1.29, 1.82) is 0 Å². The molecule has 0 saturated carbocycles. The van der Waals surface area contributed by atoms with Crippen LogP contribution in [0, 0.1) is 0 Å². The molecule has 23 heavy (non-hydrogen) atoms. The minimum atomic E-state index is -0.163. The van der Waals surface area contributed by atoms with Crippen molar-refractivity contribution in [2.24, 2.45) is 0 Å². The zero-order chi connectivity index (χ0) is 16.0. The van der Waals surface area contributed by atoms with E-state index in [0.717, 1.165) is 31.6 Å². The zero-order valence-corrected chi connectivity index (χ0v) is 13.6. The second-order valence-electron chi connectivity index (χ2n) is 5.46. The Labute approximate surface area is 141 Å². The van der Waals surface area contributed by atoms with E-state index in [2.05, 4.69) is 28.1 Å². The van der Waals surface area contributed by atoms with Crippen LogP contribution in [0.15, 0.2) is 71.2 Å². The van der Waals surface area contributed by atoms with Crippen LogP contribution in [0.25, 0.3) is 27.1 Å². The highest BCUT2D eigenvalue weighted by molar-refractivity contribution is 9.10. The van der Waals surface area contributed by atoms with Crippen molar-refractivity contribution in [3.8, 4) is 0 Å². The molecule has 0 radical (unpaired) electrons. The topological polar surface area (TPSA) is 34.1 Å². The maximum Gasteiger partial charge on any atom is 0.186 e. The van der Waals surface area contributed by atoms with Gasteiger partial charge in [0.2, 0.25) is 0 Å². The Bertz CT molecular complexity index is 1060. The first kappa shape index (κ1) is 14.1. The quantitative estimate of drug-likeness (QED) is 0.458.